The van der Waals surface area contributed by atoms with Gasteiger partial charge < -0.3 is 15.1 Å². The van der Waals surface area contributed by atoms with E-state index in [1.54, 1.807) is 17.3 Å². The lowest BCUT2D eigenvalue weighted by Crippen LogP contribution is -2.46. The van der Waals surface area contributed by atoms with Crippen molar-refractivity contribution in [3.63, 3.8) is 0 Å². The van der Waals surface area contributed by atoms with Gasteiger partial charge >= 0.3 is 0 Å². The van der Waals surface area contributed by atoms with Gasteiger partial charge in [-0.1, -0.05) is 13.0 Å². The number of H-pyrrole nitrogens is 1. The second-order valence-electron chi connectivity index (χ2n) is 8.08. The van der Waals surface area contributed by atoms with Crippen molar-refractivity contribution in [2.24, 2.45) is 0 Å². The lowest BCUT2D eigenvalue weighted by atomic mass is 10.2. The first-order valence-corrected chi connectivity index (χ1v) is 11.2. The van der Waals surface area contributed by atoms with E-state index in [9.17, 15) is 4.79 Å². The summed E-state index contributed by atoms with van der Waals surface area (Å²) >= 11 is 0. The van der Waals surface area contributed by atoms with Crippen LogP contribution >= 0.6 is 0 Å². The van der Waals surface area contributed by atoms with E-state index in [0.717, 1.165) is 67.1 Å². The number of benzene rings is 2. The number of rotatable bonds is 7. The summed E-state index contributed by atoms with van der Waals surface area (Å²) in [5.74, 6) is 0.602. The van der Waals surface area contributed by atoms with Crippen molar-refractivity contribution >= 4 is 45.9 Å². The van der Waals surface area contributed by atoms with Gasteiger partial charge in [-0.2, -0.15) is 5.10 Å². The highest BCUT2D eigenvalue weighted by Crippen LogP contribution is 2.33. The summed E-state index contributed by atoms with van der Waals surface area (Å²) in [7, 11) is 0. The zero-order valence-corrected chi connectivity index (χ0v) is 18.6. The Balaban J connectivity index is 1.42. The number of piperazine rings is 1. The molecule has 1 amide bonds. The molecule has 0 unspecified atom stereocenters. The molecule has 2 aromatic heterocycles. The van der Waals surface area contributed by atoms with Crippen LogP contribution in [0.15, 0.2) is 67.0 Å². The third-order valence-electron chi connectivity index (χ3n) is 6.15. The molecule has 0 saturated carbocycles. The zero-order valence-electron chi connectivity index (χ0n) is 18.6. The van der Waals surface area contributed by atoms with Gasteiger partial charge in [-0.25, -0.2) is 4.98 Å². The second-order valence-corrected chi connectivity index (χ2v) is 8.08. The Morgan fingerprint density at radius 2 is 1.97 bits per heavy atom. The largest absolute Gasteiger partial charge is 0.369 e. The fourth-order valence-electron chi connectivity index (χ4n) is 4.26. The van der Waals surface area contributed by atoms with Crippen LogP contribution in [0.2, 0.25) is 0 Å². The van der Waals surface area contributed by atoms with Gasteiger partial charge in [0.15, 0.2) is 5.82 Å². The Morgan fingerprint density at radius 3 is 2.79 bits per heavy atom. The highest BCUT2D eigenvalue weighted by molar-refractivity contribution is 5.93. The quantitative estimate of drug-likeness (QED) is 0.420. The molecule has 8 nitrogen and oxygen atoms in total. The maximum absolute atomic E-state index is 12.3. The predicted molar refractivity (Wildman–Crippen MR) is 133 cm³/mol. The summed E-state index contributed by atoms with van der Waals surface area (Å²) in [6.45, 7) is 7.34. The topological polar surface area (TPSA) is 80.4 Å². The average Bonchev–Trinajstić information content (AvgIpc) is 3.34. The summed E-state index contributed by atoms with van der Waals surface area (Å²) in [6, 6.07) is 17.8. The maximum atomic E-state index is 12.3. The fourth-order valence-corrected chi connectivity index (χ4v) is 4.26. The summed E-state index contributed by atoms with van der Waals surface area (Å²) < 4.78 is 0. The molecule has 1 aliphatic heterocycles. The van der Waals surface area contributed by atoms with E-state index < -0.39 is 0 Å². The molecular weight excluding hydrogens is 414 g/mol. The van der Waals surface area contributed by atoms with Crippen LogP contribution in [0.1, 0.15) is 6.92 Å². The van der Waals surface area contributed by atoms with E-state index in [0.29, 0.717) is 11.5 Å². The monoisotopic (exact) mass is 441 g/mol. The molecule has 3 heterocycles. The number of aromatic amines is 1. The number of pyridine rings is 1. The average molecular weight is 442 g/mol. The number of anilines is 5. The minimum atomic E-state index is 0.602. The first-order valence-electron chi connectivity index (χ1n) is 11.2. The number of carbonyl (C=O) groups is 1. The minimum Gasteiger partial charge on any atom is -0.369 e. The van der Waals surface area contributed by atoms with Crippen LogP contribution in [-0.4, -0.2) is 59.2 Å². The Kier molecular flexibility index (Phi) is 5.91. The van der Waals surface area contributed by atoms with Crippen LogP contribution in [0.4, 0.5) is 28.6 Å². The molecule has 0 aliphatic carbocycles. The van der Waals surface area contributed by atoms with Crippen molar-refractivity contribution < 1.29 is 4.79 Å². The van der Waals surface area contributed by atoms with Gasteiger partial charge in [-0.05, 0) is 55.1 Å². The smallest absolute Gasteiger partial charge is 0.218 e. The third-order valence-corrected chi connectivity index (χ3v) is 6.15. The van der Waals surface area contributed by atoms with Crippen LogP contribution in [0.5, 0.6) is 0 Å². The molecule has 0 spiro atoms. The summed E-state index contributed by atoms with van der Waals surface area (Å²) in [4.78, 5) is 23.2. The van der Waals surface area contributed by atoms with E-state index >= 15 is 0 Å². The van der Waals surface area contributed by atoms with Gasteiger partial charge in [0.25, 0.3) is 0 Å². The molecule has 168 valence electrons. The molecule has 8 heteroatoms. The first-order chi connectivity index (χ1) is 16.2. The van der Waals surface area contributed by atoms with E-state index in [2.05, 4.69) is 49.4 Å². The molecule has 2 aromatic carbocycles. The number of amides is 1. The molecule has 2 N–H and O–H groups in total. The molecule has 5 rings (SSSR count). The Bertz CT molecular complexity index is 1250. The van der Waals surface area contributed by atoms with Crippen molar-refractivity contribution in [2.45, 2.75) is 6.92 Å². The van der Waals surface area contributed by atoms with E-state index in [1.807, 2.05) is 42.5 Å². The molecule has 1 saturated heterocycles. The van der Waals surface area contributed by atoms with Gasteiger partial charge in [0.2, 0.25) is 6.41 Å². The van der Waals surface area contributed by atoms with Crippen molar-refractivity contribution in [1.29, 1.82) is 0 Å². The molecule has 0 bridgehead atoms. The number of aromatic nitrogens is 3. The van der Waals surface area contributed by atoms with E-state index in [1.165, 1.54) is 0 Å². The van der Waals surface area contributed by atoms with Crippen molar-refractivity contribution in [3.8, 4) is 0 Å². The number of hydrogen-bond acceptors (Lipinski definition) is 6. The Morgan fingerprint density at radius 1 is 1.09 bits per heavy atom. The van der Waals surface area contributed by atoms with Crippen LogP contribution in [0, 0.1) is 0 Å². The van der Waals surface area contributed by atoms with Crippen LogP contribution < -0.4 is 15.1 Å². The normalized spacial score (nSPS) is 14.4. The Hall–Kier alpha value is -3.91. The summed E-state index contributed by atoms with van der Waals surface area (Å²) in [5, 5.41) is 11.4. The van der Waals surface area contributed by atoms with Gasteiger partial charge in [0.05, 0.1) is 23.1 Å². The lowest BCUT2D eigenvalue weighted by molar-refractivity contribution is -0.106. The second kappa shape index (κ2) is 9.30. The van der Waals surface area contributed by atoms with E-state index in [4.69, 9.17) is 0 Å². The predicted octanol–water partition coefficient (Wildman–Crippen LogP) is 4.14. The number of nitrogens with zero attached hydrogens (tertiary/aromatic N) is 5. The van der Waals surface area contributed by atoms with Crippen molar-refractivity contribution in [2.75, 3.05) is 47.8 Å². The van der Waals surface area contributed by atoms with Crippen LogP contribution in [0.3, 0.4) is 0 Å². The standard InChI is InChI=1S/C25H27N7O/c1-2-30-11-13-31(14-12-30)21-5-3-6-22(16-21)32(18-33)24-7-4-10-26-25(24)28-20-9-8-19-17-27-29-23(19)15-20/h3-10,15-18H,2,11-14H2,1H3,(H,26,28)(H,27,29). The highest BCUT2D eigenvalue weighted by atomic mass is 16.1. The molecule has 1 fully saturated rings. The number of likely N-dealkylation sites (N-methyl/N-ethyl adjacent to an activating group) is 1. The van der Waals surface area contributed by atoms with Crippen LogP contribution in [0.25, 0.3) is 10.9 Å². The number of fused-ring (bicyclic) bond motifs is 1. The maximum Gasteiger partial charge on any atom is 0.218 e. The molecule has 0 radical (unpaired) electrons. The minimum absolute atomic E-state index is 0.602. The highest BCUT2D eigenvalue weighted by Gasteiger charge is 2.19. The number of hydrogen-bond donors (Lipinski definition) is 2. The number of carbonyl (C=O) groups excluding carboxylic acids is 1. The lowest BCUT2D eigenvalue weighted by Gasteiger charge is -2.36. The van der Waals surface area contributed by atoms with Gasteiger partial charge in [0.1, 0.15) is 0 Å². The van der Waals surface area contributed by atoms with E-state index in [-0.39, 0.29) is 0 Å². The molecule has 0 atom stereocenters. The molecule has 33 heavy (non-hydrogen) atoms. The molecule has 1 aliphatic rings. The SMILES string of the molecule is CCN1CCN(c2cccc(N(C=O)c3cccnc3Nc3ccc4cn[nH]c4c3)c2)CC1. The van der Waals surface area contributed by atoms with Gasteiger partial charge in [-0.3, -0.25) is 14.8 Å². The molecule has 4 aromatic rings. The van der Waals surface area contributed by atoms with Gasteiger partial charge in [-0.15, -0.1) is 0 Å². The first kappa shape index (κ1) is 21.0. The number of nitrogens with one attached hydrogen (secondary N) is 2. The zero-order chi connectivity index (χ0) is 22.6. The summed E-state index contributed by atoms with van der Waals surface area (Å²) in [6.07, 6.45) is 4.34. The third kappa shape index (κ3) is 4.38. The van der Waals surface area contributed by atoms with Crippen LogP contribution in [-0.2, 0) is 4.79 Å². The fraction of sp³-hybridized carbons (Fsp3) is 0.240. The van der Waals surface area contributed by atoms with Crippen molar-refractivity contribution in [3.05, 3.63) is 67.0 Å². The van der Waals surface area contributed by atoms with Gasteiger partial charge in [0, 0.05) is 49.1 Å². The molecular formula is C25H27N7O. The summed E-state index contributed by atoms with van der Waals surface area (Å²) in [5.41, 5.74) is 4.41. The van der Waals surface area contributed by atoms with Crippen molar-refractivity contribution in [1.82, 2.24) is 20.1 Å². The Labute approximate surface area is 192 Å².